The van der Waals surface area contributed by atoms with Gasteiger partial charge in [0.05, 0.1) is 39.7 Å². The Morgan fingerprint density at radius 3 is 2.71 bits per heavy atom. The van der Waals surface area contributed by atoms with Crippen LogP contribution in [0.2, 0.25) is 5.02 Å². The topological polar surface area (TPSA) is 89.6 Å². The Morgan fingerprint density at radius 1 is 1.21 bits per heavy atom. The Kier molecular flexibility index (Phi) is 4.17. The van der Waals surface area contributed by atoms with E-state index in [0.29, 0.717) is 21.8 Å². The predicted molar refractivity (Wildman–Crippen MR) is 111 cm³/mol. The molecule has 1 aromatic carbocycles. The monoisotopic (exact) mass is 389 g/mol. The maximum Gasteiger partial charge on any atom is 0.252 e. The number of aryl methyl sites for hydroxylation is 2. The van der Waals surface area contributed by atoms with Crippen LogP contribution in [0.15, 0.2) is 53.8 Å². The highest BCUT2D eigenvalue weighted by molar-refractivity contribution is 6.36. The van der Waals surface area contributed by atoms with Crippen LogP contribution in [-0.2, 0) is 7.05 Å². The van der Waals surface area contributed by atoms with Gasteiger partial charge in [0.25, 0.3) is 5.56 Å². The summed E-state index contributed by atoms with van der Waals surface area (Å²) in [4.78, 5) is 16.3. The molecule has 2 N–H and O–H groups in total. The molecule has 3 heterocycles. The van der Waals surface area contributed by atoms with Gasteiger partial charge < -0.3 is 14.9 Å². The first-order chi connectivity index (χ1) is 13.4. The molecule has 4 rings (SSSR count). The van der Waals surface area contributed by atoms with Crippen molar-refractivity contribution in [3.05, 3.63) is 75.6 Å². The quantitative estimate of drug-likeness (QED) is 0.564. The van der Waals surface area contributed by atoms with Crippen molar-refractivity contribution in [3.63, 3.8) is 0 Å². The third-order valence-electron chi connectivity index (χ3n) is 4.83. The Hall–Kier alpha value is -3.56. The van der Waals surface area contributed by atoms with Gasteiger partial charge in [-0.2, -0.15) is 5.26 Å². The van der Waals surface area contributed by atoms with Crippen LogP contribution in [0.1, 0.15) is 11.1 Å². The molecule has 0 aliphatic rings. The molecule has 0 saturated carbocycles. The number of pyridine rings is 2. The van der Waals surface area contributed by atoms with E-state index in [1.807, 2.05) is 35.9 Å². The molecule has 0 saturated heterocycles. The number of nitrogens with two attached hydrogens (primary N) is 1. The number of nitriles is 1. The lowest BCUT2D eigenvalue weighted by atomic mass is 10.0. The number of benzene rings is 1. The van der Waals surface area contributed by atoms with Gasteiger partial charge in [0.15, 0.2) is 0 Å². The van der Waals surface area contributed by atoms with E-state index in [4.69, 9.17) is 17.3 Å². The first kappa shape index (κ1) is 17.8. The van der Waals surface area contributed by atoms with Crippen molar-refractivity contribution >= 4 is 28.2 Å². The van der Waals surface area contributed by atoms with Crippen LogP contribution >= 0.6 is 11.6 Å². The SMILES string of the molecule is Cc1cc2c(cc1C#N)c(-c1cncc(N)c1Cl)cn2-c1ccn(C)c(=O)c1. The van der Waals surface area contributed by atoms with Crippen LogP contribution in [0.5, 0.6) is 0 Å². The Balaban J connectivity index is 2.11. The summed E-state index contributed by atoms with van der Waals surface area (Å²) >= 11 is 6.44. The van der Waals surface area contributed by atoms with Crippen LogP contribution in [0.3, 0.4) is 0 Å². The number of anilines is 1. The molecule has 4 aromatic rings. The first-order valence-corrected chi connectivity index (χ1v) is 8.90. The largest absolute Gasteiger partial charge is 0.396 e. The minimum atomic E-state index is -0.116. The molecule has 0 amide bonds. The molecule has 0 aliphatic heterocycles. The van der Waals surface area contributed by atoms with E-state index in [2.05, 4.69) is 11.1 Å². The number of halogens is 1. The van der Waals surface area contributed by atoms with E-state index in [1.54, 1.807) is 25.5 Å². The molecule has 138 valence electrons. The molecule has 7 heteroatoms. The maximum atomic E-state index is 12.2. The van der Waals surface area contributed by atoms with Crippen molar-refractivity contribution in [2.45, 2.75) is 6.92 Å². The van der Waals surface area contributed by atoms with E-state index in [-0.39, 0.29) is 5.56 Å². The summed E-state index contributed by atoms with van der Waals surface area (Å²) < 4.78 is 3.42. The lowest BCUT2D eigenvalue weighted by Crippen LogP contribution is -2.15. The van der Waals surface area contributed by atoms with Gasteiger partial charge in [-0.05, 0) is 30.7 Å². The standard InChI is InChI=1S/C21H16ClN5O/c1-12-5-19-15(6-13(12)8-23)17(16-9-25-10-18(24)21(16)22)11-27(19)14-3-4-26(2)20(28)7-14/h3-7,9-11H,24H2,1-2H3. The van der Waals surface area contributed by atoms with E-state index in [0.717, 1.165) is 27.7 Å². The minimum Gasteiger partial charge on any atom is -0.396 e. The Morgan fingerprint density at radius 2 is 2.00 bits per heavy atom. The Bertz CT molecular complexity index is 1340. The highest BCUT2D eigenvalue weighted by Crippen LogP contribution is 2.38. The van der Waals surface area contributed by atoms with Crippen LogP contribution in [0.4, 0.5) is 5.69 Å². The summed E-state index contributed by atoms with van der Waals surface area (Å²) in [7, 11) is 1.70. The molecule has 0 fully saturated rings. The van der Waals surface area contributed by atoms with Gasteiger partial charge in [0.2, 0.25) is 0 Å². The fraction of sp³-hybridized carbons (Fsp3) is 0.0952. The second-order valence-electron chi connectivity index (χ2n) is 6.63. The fourth-order valence-corrected chi connectivity index (χ4v) is 3.46. The predicted octanol–water partition coefficient (Wildman–Crippen LogP) is 3.81. The summed E-state index contributed by atoms with van der Waals surface area (Å²) in [5.74, 6) is 0. The average molecular weight is 390 g/mol. The van der Waals surface area contributed by atoms with Crippen LogP contribution < -0.4 is 11.3 Å². The molecule has 3 aromatic heterocycles. The van der Waals surface area contributed by atoms with Crippen LogP contribution in [0, 0.1) is 18.3 Å². The zero-order valence-electron chi connectivity index (χ0n) is 15.3. The van der Waals surface area contributed by atoms with Crippen molar-refractivity contribution in [1.29, 1.82) is 5.26 Å². The summed E-state index contributed by atoms with van der Waals surface area (Å²) in [6, 6.07) is 9.41. The molecular formula is C21H16ClN5O. The van der Waals surface area contributed by atoms with Crippen molar-refractivity contribution in [2.75, 3.05) is 5.73 Å². The van der Waals surface area contributed by atoms with Crippen LogP contribution in [-0.4, -0.2) is 14.1 Å². The molecule has 0 atom stereocenters. The minimum absolute atomic E-state index is 0.116. The zero-order valence-corrected chi connectivity index (χ0v) is 16.0. The number of hydrogen-bond donors (Lipinski definition) is 1. The van der Waals surface area contributed by atoms with Gasteiger partial charge in [-0.3, -0.25) is 9.78 Å². The molecule has 0 aliphatic carbocycles. The summed E-state index contributed by atoms with van der Waals surface area (Å²) in [6.07, 6.45) is 6.75. The van der Waals surface area contributed by atoms with Gasteiger partial charge >= 0.3 is 0 Å². The summed E-state index contributed by atoms with van der Waals surface area (Å²) in [5.41, 5.74) is 10.7. The van der Waals surface area contributed by atoms with Crippen molar-refractivity contribution < 1.29 is 0 Å². The van der Waals surface area contributed by atoms with E-state index in [1.165, 1.54) is 10.8 Å². The van der Waals surface area contributed by atoms with Gasteiger partial charge in [-0.15, -0.1) is 0 Å². The molecule has 28 heavy (non-hydrogen) atoms. The zero-order chi connectivity index (χ0) is 20.0. The number of nitrogens with zero attached hydrogens (tertiary/aromatic N) is 4. The molecule has 0 unspecified atom stereocenters. The number of rotatable bonds is 2. The average Bonchev–Trinajstić information content (AvgIpc) is 3.03. The molecular weight excluding hydrogens is 374 g/mol. The molecule has 0 bridgehead atoms. The smallest absolute Gasteiger partial charge is 0.252 e. The first-order valence-electron chi connectivity index (χ1n) is 8.53. The number of nitrogen functional groups attached to an aromatic ring is 1. The second-order valence-corrected chi connectivity index (χ2v) is 7.01. The summed E-state index contributed by atoms with van der Waals surface area (Å²) in [6.45, 7) is 1.88. The van der Waals surface area contributed by atoms with Gasteiger partial charge in [-0.25, -0.2) is 0 Å². The number of fused-ring (bicyclic) bond motifs is 1. The van der Waals surface area contributed by atoms with Gasteiger partial charge in [0, 0.05) is 48.2 Å². The van der Waals surface area contributed by atoms with E-state index in [9.17, 15) is 10.1 Å². The van der Waals surface area contributed by atoms with Gasteiger partial charge in [0.1, 0.15) is 0 Å². The summed E-state index contributed by atoms with van der Waals surface area (Å²) in [5, 5.41) is 10.7. The number of hydrogen-bond acceptors (Lipinski definition) is 4. The van der Waals surface area contributed by atoms with Crippen molar-refractivity contribution in [2.24, 2.45) is 7.05 Å². The highest BCUT2D eigenvalue weighted by Gasteiger charge is 2.17. The maximum absolute atomic E-state index is 12.2. The lowest BCUT2D eigenvalue weighted by molar-refractivity contribution is 0.853. The molecule has 0 radical (unpaired) electrons. The van der Waals surface area contributed by atoms with Crippen molar-refractivity contribution in [3.8, 4) is 22.9 Å². The third kappa shape index (κ3) is 2.73. The van der Waals surface area contributed by atoms with Crippen molar-refractivity contribution in [1.82, 2.24) is 14.1 Å². The Labute approximate surface area is 166 Å². The molecule has 6 nitrogen and oxygen atoms in total. The second kappa shape index (κ2) is 6.55. The van der Waals surface area contributed by atoms with E-state index >= 15 is 0 Å². The van der Waals surface area contributed by atoms with Crippen LogP contribution in [0.25, 0.3) is 27.7 Å². The van der Waals surface area contributed by atoms with Gasteiger partial charge in [-0.1, -0.05) is 11.6 Å². The third-order valence-corrected chi connectivity index (χ3v) is 5.26. The fourth-order valence-electron chi connectivity index (χ4n) is 3.26. The highest BCUT2D eigenvalue weighted by atomic mass is 35.5. The normalized spacial score (nSPS) is 10.9. The lowest BCUT2D eigenvalue weighted by Gasteiger charge is -2.07. The van der Waals surface area contributed by atoms with E-state index < -0.39 is 0 Å². The molecule has 0 spiro atoms. The number of aromatic nitrogens is 3.